The second-order valence-corrected chi connectivity index (χ2v) is 17.0. The van der Waals surface area contributed by atoms with Crippen molar-refractivity contribution in [2.45, 2.75) is 114 Å². The lowest BCUT2D eigenvalue weighted by Gasteiger charge is -2.25. The number of rotatable bonds is 34. The number of carboxylic acid groups (broad SMARTS) is 2. The van der Waals surface area contributed by atoms with Gasteiger partial charge in [-0.3, -0.25) is 62.5 Å². The molecule has 1 aromatic carbocycles. The minimum Gasteiger partial charge on any atom is -0.508 e. The van der Waals surface area contributed by atoms with Gasteiger partial charge in [0.05, 0.1) is 38.5 Å². The highest BCUT2D eigenvalue weighted by Gasteiger charge is 2.32. The topological polar surface area (TPSA) is 533 Å². The van der Waals surface area contributed by atoms with E-state index in [4.69, 9.17) is 33.8 Å². The highest BCUT2D eigenvalue weighted by molar-refractivity contribution is 5.98. The number of phenols is 1. The van der Waals surface area contributed by atoms with Crippen LogP contribution < -0.4 is 76.5 Å². The smallest absolute Gasteiger partial charge is 0.326 e. The lowest BCUT2D eigenvalue weighted by Crippen LogP contribution is -2.58. The molecular formula is C43H67N15O16. The molecule has 0 spiro atoms. The van der Waals surface area contributed by atoms with Crippen LogP contribution in [0, 0.1) is 5.92 Å². The van der Waals surface area contributed by atoms with Gasteiger partial charge in [0, 0.05) is 19.4 Å². The number of primary amides is 2. The third-order valence-electron chi connectivity index (χ3n) is 10.1. The maximum absolute atomic E-state index is 13.5. The van der Waals surface area contributed by atoms with Crippen molar-refractivity contribution in [3.8, 4) is 5.75 Å². The van der Waals surface area contributed by atoms with Crippen molar-refractivity contribution in [2.24, 2.45) is 39.6 Å². The maximum atomic E-state index is 13.5. The van der Waals surface area contributed by atoms with Crippen LogP contribution in [0.3, 0.4) is 0 Å². The summed E-state index contributed by atoms with van der Waals surface area (Å²) in [4.78, 5) is 167. The number of phenolic OH excluding ortho intramolecular Hbond substituents is 1. The van der Waals surface area contributed by atoms with E-state index in [0.717, 1.165) is 0 Å². The van der Waals surface area contributed by atoms with E-state index in [-0.39, 0.29) is 56.3 Å². The third kappa shape index (κ3) is 26.5. The first kappa shape index (κ1) is 63.4. The fraction of sp³-hybridized carbons (Fsp3) is 0.535. The normalized spacial score (nSPS) is 13.5. The average molecular weight is 1050 g/mol. The Balaban J connectivity index is 2.98. The van der Waals surface area contributed by atoms with Gasteiger partial charge in [0.25, 0.3) is 0 Å². The van der Waals surface area contributed by atoms with Crippen molar-refractivity contribution in [1.29, 1.82) is 0 Å². The Morgan fingerprint density at radius 2 is 1.08 bits per heavy atom. The number of carboxylic acids is 2. The molecular weight excluding hydrogens is 983 g/mol. The summed E-state index contributed by atoms with van der Waals surface area (Å²) in [5, 5.41) is 49.0. The molecule has 0 aliphatic rings. The maximum Gasteiger partial charge on any atom is 0.326 e. The van der Waals surface area contributed by atoms with Crippen LogP contribution in [0.5, 0.6) is 5.75 Å². The number of guanidine groups is 1. The molecule has 0 radical (unpaired) electrons. The van der Waals surface area contributed by atoms with Crippen LogP contribution in [0.1, 0.15) is 71.3 Å². The molecule has 0 saturated heterocycles. The van der Waals surface area contributed by atoms with E-state index < -0.39 is 158 Å². The van der Waals surface area contributed by atoms with Crippen LogP contribution >= 0.6 is 0 Å². The lowest BCUT2D eigenvalue weighted by molar-refractivity contribution is -0.142. The summed E-state index contributed by atoms with van der Waals surface area (Å²) >= 11 is 0. The first-order valence-corrected chi connectivity index (χ1v) is 22.8. The van der Waals surface area contributed by atoms with Gasteiger partial charge in [-0.25, -0.2) is 4.79 Å². The molecule has 0 unspecified atom stereocenters. The quantitative estimate of drug-likeness (QED) is 0.0173. The van der Waals surface area contributed by atoms with Crippen LogP contribution in [0.2, 0.25) is 0 Å². The minimum absolute atomic E-state index is 0.0220. The number of aliphatic carboxylic acids is 2. The van der Waals surface area contributed by atoms with Gasteiger partial charge in [0.2, 0.25) is 65.0 Å². The van der Waals surface area contributed by atoms with Gasteiger partial charge in [0.1, 0.15) is 42.0 Å². The van der Waals surface area contributed by atoms with E-state index >= 15 is 0 Å². The predicted octanol–water partition coefficient (Wildman–Crippen LogP) is -7.66. The Bertz CT molecular complexity index is 2220. The summed E-state index contributed by atoms with van der Waals surface area (Å²) in [5.74, 6) is -13.9. The molecule has 31 nitrogen and oxygen atoms in total. The van der Waals surface area contributed by atoms with Gasteiger partial charge in [-0.05, 0) is 56.2 Å². The van der Waals surface area contributed by atoms with Gasteiger partial charge < -0.3 is 91.8 Å². The number of carbonyl (C=O) groups excluding carboxylic acids is 11. The molecule has 74 heavy (non-hydrogen) atoms. The summed E-state index contributed by atoms with van der Waals surface area (Å²) in [6.07, 6.45) is -2.46. The number of nitrogens with two attached hydrogens (primary N) is 5. The van der Waals surface area contributed by atoms with Crippen LogP contribution in [-0.4, -0.2) is 167 Å². The number of benzene rings is 1. The molecule has 0 fully saturated rings. The highest BCUT2D eigenvalue weighted by Crippen LogP contribution is 2.13. The lowest BCUT2D eigenvalue weighted by atomic mass is 10.0. The number of nitrogens with zero attached hydrogens (tertiary/aromatic N) is 1. The fourth-order valence-electron chi connectivity index (χ4n) is 6.33. The van der Waals surface area contributed by atoms with Crippen molar-refractivity contribution in [1.82, 2.24) is 47.9 Å². The molecule has 0 heterocycles. The van der Waals surface area contributed by atoms with Crippen molar-refractivity contribution in [2.75, 3.05) is 26.2 Å². The zero-order chi connectivity index (χ0) is 56.2. The summed E-state index contributed by atoms with van der Waals surface area (Å²) in [6, 6.07) is -4.75. The molecule has 0 aliphatic carbocycles. The Morgan fingerprint density at radius 3 is 1.62 bits per heavy atom. The number of hydrogen-bond donors (Lipinski definition) is 17. The van der Waals surface area contributed by atoms with Crippen LogP contribution in [0.15, 0.2) is 29.3 Å². The first-order chi connectivity index (χ1) is 34.6. The summed E-state index contributed by atoms with van der Waals surface area (Å²) < 4.78 is 0. The molecule has 31 heteroatoms. The van der Waals surface area contributed by atoms with E-state index in [2.05, 4.69) is 52.8 Å². The van der Waals surface area contributed by atoms with E-state index in [0.29, 0.717) is 5.56 Å². The van der Waals surface area contributed by atoms with Crippen LogP contribution in [0.25, 0.3) is 0 Å². The molecule has 0 aromatic heterocycles. The summed E-state index contributed by atoms with van der Waals surface area (Å²) in [6.45, 7) is 2.43. The number of carbonyl (C=O) groups is 13. The molecule has 410 valence electrons. The molecule has 7 atom stereocenters. The largest absolute Gasteiger partial charge is 0.508 e. The number of hydrogen-bond acceptors (Lipinski definition) is 16. The molecule has 22 N–H and O–H groups in total. The second-order valence-electron chi connectivity index (χ2n) is 17.0. The van der Waals surface area contributed by atoms with Gasteiger partial charge in [-0.1, -0.05) is 26.0 Å². The van der Waals surface area contributed by atoms with E-state index in [1.807, 2.05) is 0 Å². The average Bonchev–Trinajstić information content (AvgIpc) is 3.30. The molecule has 11 amide bonds. The van der Waals surface area contributed by atoms with Crippen molar-refractivity contribution >= 4 is 82.9 Å². The fourth-order valence-corrected chi connectivity index (χ4v) is 6.33. The van der Waals surface area contributed by atoms with Gasteiger partial charge in [-0.15, -0.1) is 0 Å². The monoisotopic (exact) mass is 1050 g/mol. The van der Waals surface area contributed by atoms with E-state index in [1.165, 1.54) is 31.2 Å². The molecule has 0 saturated carbocycles. The summed E-state index contributed by atoms with van der Waals surface area (Å²) in [7, 11) is 0. The number of aliphatic imine (C=N–C) groups is 1. The Hall–Kier alpha value is -8.64. The minimum atomic E-state index is -1.63. The predicted molar refractivity (Wildman–Crippen MR) is 258 cm³/mol. The summed E-state index contributed by atoms with van der Waals surface area (Å²) in [5.41, 5.74) is 26.9. The van der Waals surface area contributed by atoms with Crippen molar-refractivity contribution < 1.29 is 77.6 Å². The second kappa shape index (κ2) is 32.4. The number of nitrogens with one attached hydrogen (secondary N) is 9. The van der Waals surface area contributed by atoms with E-state index in [1.54, 1.807) is 13.8 Å². The zero-order valence-corrected chi connectivity index (χ0v) is 40.9. The van der Waals surface area contributed by atoms with E-state index in [9.17, 15) is 72.5 Å². The molecule has 1 aromatic rings. The van der Waals surface area contributed by atoms with Crippen LogP contribution in [-0.2, 0) is 68.7 Å². The standard InChI is InChI=1S/C43H67N15O16/c1-20(2)13-27(55-33(63)18-50-32(62)17-51-39(70)29(16-31(46)61)58-37(68)24(44)15-35(65)66)38(69)52-19-34(64)54-25(10-11-30(45)60)40(71)53-21(3)36(67)57-28(14-22-6-8-23(59)9-7-22)41(72)56-26(42(73)74)5-4-12-49-43(47)48/h6-9,20-21,24-29,59H,4-5,10-19,44H2,1-3H3,(H2,45,60)(H2,46,61)(H,50,62)(H,51,70)(H,52,69)(H,53,71)(H,54,64)(H,55,63)(H,56,72)(H,57,67)(H,58,68)(H,65,66)(H,73,74)(H4,47,48,49)/t21-,24-,25-,26-,27-,28-,29-/m0/s1. The molecule has 0 aliphatic heterocycles. The Labute approximate surface area is 423 Å². The van der Waals surface area contributed by atoms with Crippen molar-refractivity contribution in [3.05, 3.63) is 29.8 Å². The number of aromatic hydroxyl groups is 1. The van der Waals surface area contributed by atoms with Gasteiger partial charge >= 0.3 is 11.9 Å². The molecule has 0 bridgehead atoms. The third-order valence-corrected chi connectivity index (χ3v) is 10.1. The van der Waals surface area contributed by atoms with Crippen molar-refractivity contribution in [3.63, 3.8) is 0 Å². The Kier molecular flexibility index (Phi) is 27.7. The number of amides is 11. The highest BCUT2D eigenvalue weighted by atomic mass is 16.4. The van der Waals surface area contributed by atoms with Gasteiger partial charge in [0.15, 0.2) is 5.96 Å². The Morgan fingerprint density at radius 1 is 0.554 bits per heavy atom. The van der Waals surface area contributed by atoms with Gasteiger partial charge in [-0.2, -0.15) is 0 Å². The zero-order valence-electron chi connectivity index (χ0n) is 40.9. The SMILES string of the molecule is CC(C)C[C@H](NC(=O)CNC(=O)CNC(=O)[C@H](CC(N)=O)NC(=O)[C@@H](N)CC(=O)O)C(=O)NCC(=O)N[C@@H](CCC(N)=O)C(=O)N[C@@H](C)C(=O)N[C@@H](Cc1ccc(O)cc1)C(=O)N[C@@H](CCCN=C(N)N)C(=O)O. The van der Waals surface area contributed by atoms with Crippen LogP contribution in [0.4, 0.5) is 0 Å². The molecule has 1 rings (SSSR count). The first-order valence-electron chi connectivity index (χ1n) is 22.8.